The Morgan fingerprint density at radius 1 is 1.37 bits per heavy atom. The van der Waals surface area contributed by atoms with Crippen molar-refractivity contribution >= 4 is 11.6 Å². The van der Waals surface area contributed by atoms with Crippen LogP contribution in [0.25, 0.3) is 0 Å². The number of amides is 1. The molecule has 1 aliphatic rings. The summed E-state index contributed by atoms with van der Waals surface area (Å²) in [4.78, 5) is 12.0. The van der Waals surface area contributed by atoms with Gasteiger partial charge in [0.15, 0.2) is 0 Å². The van der Waals surface area contributed by atoms with Crippen LogP contribution in [-0.2, 0) is 4.79 Å². The summed E-state index contributed by atoms with van der Waals surface area (Å²) in [5.41, 5.74) is 0.821. The van der Waals surface area contributed by atoms with Crippen LogP contribution in [0, 0.1) is 0 Å². The van der Waals surface area contributed by atoms with Gasteiger partial charge in [-0.2, -0.15) is 0 Å². The maximum Gasteiger partial charge on any atom is 0.241 e. The fourth-order valence-electron chi connectivity index (χ4n) is 2.16. The Morgan fingerprint density at radius 2 is 2.16 bits per heavy atom. The molecule has 1 unspecified atom stereocenters. The van der Waals surface area contributed by atoms with Crippen LogP contribution in [0.2, 0.25) is 0 Å². The first-order chi connectivity index (χ1) is 9.29. The largest absolute Gasteiger partial charge is 0.494 e. The predicted molar refractivity (Wildman–Crippen MR) is 76.5 cm³/mol. The lowest BCUT2D eigenvalue weighted by Gasteiger charge is -2.22. The zero-order chi connectivity index (χ0) is 13.5. The van der Waals surface area contributed by atoms with Gasteiger partial charge >= 0.3 is 0 Å². The summed E-state index contributed by atoms with van der Waals surface area (Å²) >= 11 is 0. The van der Waals surface area contributed by atoms with Gasteiger partial charge in [0.05, 0.1) is 12.6 Å². The summed E-state index contributed by atoms with van der Waals surface area (Å²) in [5.74, 6) is 0.901. The van der Waals surface area contributed by atoms with E-state index in [1.807, 2.05) is 24.3 Å². The van der Waals surface area contributed by atoms with Crippen molar-refractivity contribution < 1.29 is 9.53 Å². The minimum Gasteiger partial charge on any atom is -0.494 e. The van der Waals surface area contributed by atoms with E-state index in [0.29, 0.717) is 0 Å². The van der Waals surface area contributed by atoms with Crippen molar-refractivity contribution in [1.29, 1.82) is 0 Å². The molecule has 0 aromatic heterocycles. The lowest BCUT2D eigenvalue weighted by Crippen LogP contribution is -2.43. The fraction of sp³-hybridized carbons (Fsp3) is 0.533. The molecule has 1 atom stereocenters. The lowest BCUT2D eigenvalue weighted by atomic mass is 10.0. The number of piperidine rings is 1. The number of ether oxygens (including phenoxy) is 1. The molecule has 19 heavy (non-hydrogen) atoms. The zero-order valence-corrected chi connectivity index (χ0v) is 11.4. The van der Waals surface area contributed by atoms with Gasteiger partial charge in [-0.15, -0.1) is 0 Å². The quantitative estimate of drug-likeness (QED) is 0.857. The molecule has 1 amide bonds. The van der Waals surface area contributed by atoms with Gasteiger partial charge in [-0.05, 0) is 50.1 Å². The van der Waals surface area contributed by atoms with Crippen LogP contribution in [0.5, 0.6) is 5.75 Å². The Kier molecular flexibility index (Phi) is 5.21. The molecule has 1 fully saturated rings. The van der Waals surface area contributed by atoms with Crippen molar-refractivity contribution in [2.24, 2.45) is 0 Å². The molecular formula is C15H22N2O2. The van der Waals surface area contributed by atoms with Crippen molar-refractivity contribution in [1.82, 2.24) is 5.32 Å². The van der Waals surface area contributed by atoms with Gasteiger partial charge in [-0.25, -0.2) is 0 Å². The summed E-state index contributed by atoms with van der Waals surface area (Å²) in [5, 5.41) is 6.18. The molecule has 0 spiro atoms. The molecule has 1 aliphatic heterocycles. The minimum absolute atomic E-state index is 0.0511. The van der Waals surface area contributed by atoms with Gasteiger partial charge in [0, 0.05) is 5.69 Å². The first-order valence-electron chi connectivity index (χ1n) is 7.06. The number of anilines is 1. The van der Waals surface area contributed by atoms with Crippen molar-refractivity contribution in [3.05, 3.63) is 24.3 Å². The van der Waals surface area contributed by atoms with E-state index in [9.17, 15) is 4.79 Å². The van der Waals surface area contributed by atoms with Crippen LogP contribution in [0.4, 0.5) is 5.69 Å². The van der Waals surface area contributed by atoms with Crippen LogP contribution in [0.1, 0.15) is 32.6 Å². The van der Waals surface area contributed by atoms with E-state index in [-0.39, 0.29) is 11.9 Å². The average molecular weight is 262 g/mol. The van der Waals surface area contributed by atoms with E-state index in [1.54, 1.807) is 0 Å². The van der Waals surface area contributed by atoms with E-state index in [0.717, 1.165) is 50.3 Å². The maximum absolute atomic E-state index is 12.0. The molecule has 4 heteroatoms. The summed E-state index contributed by atoms with van der Waals surface area (Å²) < 4.78 is 5.51. The Labute approximate surface area is 114 Å². The summed E-state index contributed by atoms with van der Waals surface area (Å²) in [6.45, 7) is 3.73. The van der Waals surface area contributed by atoms with Gasteiger partial charge in [0.2, 0.25) is 5.91 Å². The minimum atomic E-state index is -0.0511. The normalized spacial score (nSPS) is 18.9. The third-order valence-electron chi connectivity index (χ3n) is 3.22. The second kappa shape index (κ2) is 7.14. The second-order valence-electron chi connectivity index (χ2n) is 4.86. The number of rotatable bonds is 5. The monoisotopic (exact) mass is 262 g/mol. The molecular weight excluding hydrogens is 240 g/mol. The molecule has 0 aliphatic carbocycles. The molecule has 2 rings (SSSR count). The molecule has 1 saturated heterocycles. The molecule has 0 saturated carbocycles. The number of nitrogens with one attached hydrogen (secondary N) is 2. The van der Waals surface area contributed by atoms with Gasteiger partial charge in [-0.1, -0.05) is 13.3 Å². The highest BCUT2D eigenvalue weighted by molar-refractivity contribution is 5.94. The highest BCUT2D eigenvalue weighted by atomic mass is 16.5. The number of hydrogen-bond acceptors (Lipinski definition) is 3. The van der Waals surface area contributed by atoms with Crippen LogP contribution >= 0.6 is 0 Å². The molecule has 2 N–H and O–H groups in total. The van der Waals surface area contributed by atoms with Crippen molar-refractivity contribution in [2.45, 2.75) is 38.6 Å². The SMILES string of the molecule is CCCOc1ccc(NC(=O)C2CCCCN2)cc1. The zero-order valence-electron chi connectivity index (χ0n) is 11.4. The third kappa shape index (κ3) is 4.24. The van der Waals surface area contributed by atoms with E-state index < -0.39 is 0 Å². The van der Waals surface area contributed by atoms with Crippen LogP contribution in [0.15, 0.2) is 24.3 Å². The molecule has 0 radical (unpaired) electrons. The number of carbonyl (C=O) groups excluding carboxylic acids is 1. The van der Waals surface area contributed by atoms with Gasteiger partial charge < -0.3 is 15.4 Å². The van der Waals surface area contributed by atoms with Gasteiger partial charge in [-0.3, -0.25) is 4.79 Å². The van der Waals surface area contributed by atoms with Crippen LogP contribution in [-0.4, -0.2) is 25.1 Å². The standard InChI is InChI=1S/C15H22N2O2/c1-2-11-19-13-8-6-12(7-9-13)17-15(18)14-5-3-4-10-16-14/h6-9,14,16H,2-5,10-11H2,1H3,(H,17,18). The molecule has 4 nitrogen and oxygen atoms in total. The predicted octanol–water partition coefficient (Wildman–Crippen LogP) is 2.56. The van der Waals surface area contributed by atoms with E-state index >= 15 is 0 Å². The van der Waals surface area contributed by atoms with E-state index in [4.69, 9.17) is 4.74 Å². The van der Waals surface area contributed by atoms with E-state index in [2.05, 4.69) is 17.6 Å². The Hall–Kier alpha value is -1.55. The smallest absolute Gasteiger partial charge is 0.241 e. The maximum atomic E-state index is 12.0. The average Bonchev–Trinajstić information content (AvgIpc) is 2.47. The fourth-order valence-corrected chi connectivity index (χ4v) is 2.16. The van der Waals surface area contributed by atoms with Crippen LogP contribution in [0.3, 0.4) is 0 Å². The number of carbonyl (C=O) groups is 1. The van der Waals surface area contributed by atoms with Crippen molar-refractivity contribution in [2.75, 3.05) is 18.5 Å². The lowest BCUT2D eigenvalue weighted by molar-refractivity contribution is -0.118. The van der Waals surface area contributed by atoms with Crippen LogP contribution < -0.4 is 15.4 Å². The third-order valence-corrected chi connectivity index (χ3v) is 3.22. The Balaban J connectivity index is 1.86. The Bertz CT molecular complexity index is 397. The molecule has 1 aromatic carbocycles. The highest BCUT2D eigenvalue weighted by Crippen LogP contribution is 2.17. The van der Waals surface area contributed by atoms with Crippen molar-refractivity contribution in [3.63, 3.8) is 0 Å². The topological polar surface area (TPSA) is 50.4 Å². The summed E-state index contributed by atoms with van der Waals surface area (Å²) in [7, 11) is 0. The van der Waals surface area contributed by atoms with E-state index in [1.165, 1.54) is 0 Å². The van der Waals surface area contributed by atoms with Crippen molar-refractivity contribution in [3.8, 4) is 5.75 Å². The van der Waals surface area contributed by atoms with Gasteiger partial charge in [0.1, 0.15) is 5.75 Å². The summed E-state index contributed by atoms with van der Waals surface area (Å²) in [6, 6.07) is 7.49. The first kappa shape index (κ1) is 13.9. The molecule has 0 bridgehead atoms. The Morgan fingerprint density at radius 3 is 2.79 bits per heavy atom. The molecule has 104 valence electrons. The second-order valence-corrected chi connectivity index (χ2v) is 4.86. The molecule has 1 aromatic rings. The van der Waals surface area contributed by atoms with Gasteiger partial charge in [0.25, 0.3) is 0 Å². The molecule has 1 heterocycles. The summed E-state index contributed by atoms with van der Waals surface area (Å²) in [6.07, 6.45) is 4.19. The number of hydrogen-bond donors (Lipinski definition) is 2. The number of benzene rings is 1. The highest BCUT2D eigenvalue weighted by Gasteiger charge is 2.20. The first-order valence-corrected chi connectivity index (χ1v) is 7.06.